The summed E-state index contributed by atoms with van der Waals surface area (Å²) in [5.41, 5.74) is 2.38. The number of hydrogen-bond donors (Lipinski definition) is 0. The minimum absolute atomic E-state index is 0.375. The highest BCUT2D eigenvalue weighted by Crippen LogP contribution is 2.27. The van der Waals surface area contributed by atoms with E-state index in [1.165, 1.54) is 0 Å². The van der Waals surface area contributed by atoms with E-state index >= 15 is 0 Å². The molecule has 0 bridgehead atoms. The van der Waals surface area contributed by atoms with E-state index in [1.807, 2.05) is 43.5 Å². The van der Waals surface area contributed by atoms with Crippen molar-refractivity contribution < 1.29 is 4.79 Å². The molecule has 0 saturated heterocycles. The maximum Gasteiger partial charge on any atom is 0.254 e. The van der Waals surface area contributed by atoms with E-state index < -0.39 is 0 Å². The van der Waals surface area contributed by atoms with Crippen molar-refractivity contribution in [3.05, 3.63) is 47.2 Å². The van der Waals surface area contributed by atoms with Gasteiger partial charge in [0.1, 0.15) is 5.69 Å². The first-order valence-corrected chi connectivity index (χ1v) is 6.88. The normalized spacial score (nSPS) is 10.3. The van der Waals surface area contributed by atoms with Crippen LogP contribution < -0.4 is 0 Å². The van der Waals surface area contributed by atoms with Crippen LogP contribution in [0.1, 0.15) is 12.6 Å². The number of benzene rings is 1. The smallest absolute Gasteiger partial charge is 0.254 e. The molecule has 0 aliphatic heterocycles. The summed E-state index contributed by atoms with van der Waals surface area (Å²) in [4.78, 5) is 15.8. The van der Waals surface area contributed by atoms with Crippen LogP contribution in [-0.4, -0.2) is 17.0 Å². The van der Waals surface area contributed by atoms with Crippen LogP contribution >= 0.6 is 23.4 Å². The standard InChI is InChI=1S/C14H11ClNOS/c1-2-18-14-7-11(8-16-13(14)9-17)10-3-5-12(15)6-4-10/h3-8H,2H2,1H3. The first kappa shape index (κ1) is 13.1. The fourth-order valence-electron chi connectivity index (χ4n) is 1.59. The van der Waals surface area contributed by atoms with Crippen LogP contribution in [0.3, 0.4) is 0 Å². The molecule has 1 heterocycles. The van der Waals surface area contributed by atoms with Crippen molar-refractivity contribution in [1.29, 1.82) is 0 Å². The number of halogens is 1. The van der Waals surface area contributed by atoms with Crippen LogP contribution in [0.25, 0.3) is 11.1 Å². The molecular formula is C14H11ClNOS. The number of nitrogens with zero attached hydrogens (tertiary/aromatic N) is 1. The molecule has 18 heavy (non-hydrogen) atoms. The Balaban J connectivity index is 2.42. The highest BCUT2D eigenvalue weighted by Gasteiger charge is 2.07. The van der Waals surface area contributed by atoms with Gasteiger partial charge >= 0.3 is 0 Å². The molecule has 2 aromatic rings. The highest BCUT2D eigenvalue weighted by atomic mass is 35.5. The molecule has 1 aromatic heterocycles. The third-order valence-corrected chi connectivity index (χ3v) is 3.59. The molecule has 0 aliphatic rings. The molecule has 1 radical (unpaired) electrons. The van der Waals surface area contributed by atoms with E-state index in [2.05, 4.69) is 4.98 Å². The van der Waals surface area contributed by atoms with Crippen molar-refractivity contribution in [2.75, 3.05) is 5.75 Å². The maximum absolute atomic E-state index is 10.8. The van der Waals surface area contributed by atoms with Gasteiger partial charge in [-0.2, -0.15) is 0 Å². The Hall–Kier alpha value is -1.32. The van der Waals surface area contributed by atoms with Gasteiger partial charge in [-0.15, -0.1) is 11.8 Å². The Morgan fingerprint density at radius 3 is 2.61 bits per heavy atom. The van der Waals surface area contributed by atoms with Crippen LogP contribution in [0.2, 0.25) is 5.02 Å². The van der Waals surface area contributed by atoms with Crippen molar-refractivity contribution in [2.24, 2.45) is 0 Å². The molecule has 0 amide bonds. The lowest BCUT2D eigenvalue weighted by atomic mass is 10.1. The summed E-state index contributed by atoms with van der Waals surface area (Å²) in [5, 5.41) is 0.702. The minimum atomic E-state index is 0.375. The van der Waals surface area contributed by atoms with Gasteiger partial charge in [0.2, 0.25) is 0 Å². The average Bonchev–Trinajstić information content (AvgIpc) is 2.40. The van der Waals surface area contributed by atoms with E-state index in [1.54, 1.807) is 18.0 Å². The van der Waals surface area contributed by atoms with E-state index in [9.17, 15) is 4.79 Å². The zero-order chi connectivity index (χ0) is 13.0. The predicted molar refractivity (Wildman–Crippen MR) is 75.9 cm³/mol. The van der Waals surface area contributed by atoms with Gasteiger partial charge in [0.05, 0.1) is 0 Å². The second kappa shape index (κ2) is 6.03. The van der Waals surface area contributed by atoms with Crippen LogP contribution in [-0.2, 0) is 4.79 Å². The highest BCUT2D eigenvalue weighted by molar-refractivity contribution is 7.99. The van der Waals surface area contributed by atoms with Crippen molar-refractivity contribution in [2.45, 2.75) is 11.8 Å². The van der Waals surface area contributed by atoms with Crippen molar-refractivity contribution in [1.82, 2.24) is 4.98 Å². The van der Waals surface area contributed by atoms with Gasteiger partial charge in [-0.3, -0.25) is 9.78 Å². The largest absolute Gasteiger partial charge is 0.283 e. The van der Waals surface area contributed by atoms with Crippen molar-refractivity contribution in [3.8, 4) is 11.1 Å². The molecule has 2 rings (SSSR count). The monoisotopic (exact) mass is 276 g/mol. The first-order chi connectivity index (χ1) is 8.74. The molecule has 4 heteroatoms. The lowest BCUT2D eigenvalue weighted by Crippen LogP contribution is -1.92. The Morgan fingerprint density at radius 1 is 1.28 bits per heavy atom. The van der Waals surface area contributed by atoms with E-state index in [0.717, 1.165) is 21.8 Å². The van der Waals surface area contributed by atoms with Gasteiger partial charge in [-0.1, -0.05) is 30.7 Å². The molecular weight excluding hydrogens is 266 g/mol. The third kappa shape index (κ3) is 2.92. The molecule has 0 aliphatic carbocycles. The molecule has 0 atom stereocenters. The van der Waals surface area contributed by atoms with Gasteiger partial charge in [0.25, 0.3) is 6.29 Å². The molecule has 0 saturated carbocycles. The van der Waals surface area contributed by atoms with Gasteiger partial charge in [-0.25, -0.2) is 0 Å². The Morgan fingerprint density at radius 2 is 2.00 bits per heavy atom. The Kier molecular flexibility index (Phi) is 4.39. The summed E-state index contributed by atoms with van der Waals surface area (Å²) < 4.78 is 0. The molecule has 0 spiro atoms. The minimum Gasteiger partial charge on any atom is -0.283 e. The SMILES string of the molecule is CCSc1cc(-c2ccc(Cl)cc2)cnc1[C]=O. The van der Waals surface area contributed by atoms with Crippen LogP contribution in [0.4, 0.5) is 0 Å². The van der Waals surface area contributed by atoms with Crippen LogP contribution in [0, 0.1) is 0 Å². The summed E-state index contributed by atoms with van der Waals surface area (Å²) in [6.45, 7) is 2.04. The Labute approximate surface area is 115 Å². The number of hydrogen-bond acceptors (Lipinski definition) is 3. The molecule has 91 valence electrons. The van der Waals surface area contributed by atoms with Gasteiger partial charge in [0.15, 0.2) is 0 Å². The van der Waals surface area contributed by atoms with E-state index in [4.69, 9.17) is 11.6 Å². The number of rotatable bonds is 4. The third-order valence-electron chi connectivity index (χ3n) is 2.43. The predicted octanol–water partition coefficient (Wildman–Crippen LogP) is 3.97. The molecule has 0 unspecified atom stereocenters. The number of carbonyl (C=O) groups excluding carboxylic acids is 1. The molecule has 0 fully saturated rings. The lowest BCUT2D eigenvalue weighted by molar-refractivity contribution is 0.560. The van der Waals surface area contributed by atoms with Crippen molar-refractivity contribution in [3.63, 3.8) is 0 Å². The number of thioether (sulfide) groups is 1. The zero-order valence-corrected chi connectivity index (χ0v) is 11.4. The summed E-state index contributed by atoms with van der Waals surface area (Å²) >= 11 is 7.44. The first-order valence-electron chi connectivity index (χ1n) is 5.51. The van der Waals surface area contributed by atoms with Crippen molar-refractivity contribution >= 4 is 29.6 Å². The maximum atomic E-state index is 10.8. The molecule has 2 nitrogen and oxygen atoms in total. The quantitative estimate of drug-likeness (QED) is 0.792. The van der Waals surface area contributed by atoms with E-state index in [-0.39, 0.29) is 0 Å². The second-order valence-electron chi connectivity index (χ2n) is 3.61. The molecule has 1 aromatic carbocycles. The second-order valence-corrected chi connectivity index (χ2v) is 5.35. The van der Waals surface area contributed by atoms with Crippen LogP contribution in [0.5, 0.6) is 0 Å². The summed E-state index contributed by atoms with van der Waals surface area (Å²) in [7, 11) is 0. The fourth-order valence-corrected chi connectivity index (χ4v) is 2.47. The molecule has 0 N–H and O–H groups in total. The van der Waals surface area contributed by atoms with Gasteiger partial charge in [0, 0.05) is 21.7 Å². The topological polar surface area (TPSA) is 30.0 Å². The van der Waals surface area contributed by atoms with Gasteiger partial charge in [-0.05, 0) is 29.5 Å². The summed E-state index contributed by atoms with van der Waals surface area (Å²) in [6, 6.07) is 9.51. The van der Waals surface area contributed by atoms with E-state index in [0.29, 0.717) is 10.7 Å². The summed E-state index contributed by atoms with van der Waals surface area (Å²) in [6.07, 6.45) is 3.55. The Bertz CT molecular complexity index is 554. The average molecular weight is 277 g/mol. The van der Waals surface area contributed by atoms with Crippen LogP contribution in [0.15, 0.2) is 41.4 Å². The number of aromatic nitrogens is 1. The zero-order valence-electron chi connectivity index (χ0n) is 9.81. The summed E-state index contributed by atoms with van der Waals surface area (Å²) in [5.74, 6) is 0.889. The lowest BCUT2D eigenvalue weighted by Gasteiger charge is -2.06. The van der Waals surface area contributed by atoms with Gasteiger partial charge < -0.3 is 0 Å². The fraction of sp³-hybridized carbons (Fsp3) is 0.143. The number of pyridine rings is 1.